The van der Waals surface area contributed by atoms with E-state index < -0.39 is 29.3 Å². The molecule has 0 aromatic heterocycles. The van der Waals surface area contributed by atoms with Crippen LogP contribution in [0.2, 0.25) is 0 Å². The molecular weight excluding hydrogens is 298 g/mol. The molecule has 1 aliphatic carbocycles. The van der Waals surface area contributed by atoms with E-state index in [2.05, 4.69) is 16.7 Å². The van der Waals surface area contributed by atoms with Crippen molar-refractivity contribution in [2.75, 3.05) is 10.6 Å². The van der Waals surface area contributed by atoms with Gasteiger partial charge in [-0.1, -0.05) is 12.1 Å². The van der Waals surface area contributed by atoms with Crippen LogP contribution in [0, 0.1) is 11.6 Å². The normalized spacial score (nSPS) is 14.2. The molecule has 0 radical (unpaired) electrons. The molecule has 3 nitrogen and oxygen atoms in total. The molecule has 23 heavy (non-hydrogen) atoms. The van der Waals surface area contributed by atoms with Crippen molar-refractivity contribution in [2.24, 2.45) is 0 Å². The molecule has 5 heteroatoms. The van der Waals surface area contributed by atoms with Crippen LogP contribution in [0.5, 0.6) is 0 Å². The Hall–Kier alpha value is -2.43. The van der Waals surface area contributed by atoms with Crippen molar-refractivity contribution < 1.29 is 13.6 Å². The SMILES string of the molecule is CC(Nc1ccc2c(c1)CCC2)C(=O)Nc1c(F)cccc1F. The summed E-state index contributed by atoms with van der Waals surface area (Å²) in [5.74, 6) is -2.07. The summed E-state index contributed by atoms with van der Waals surface area (Å²) in [5, 5.41) is 5.37. The fourth-order valence-corrected chi connectivity index (χ4v) is 2.83. The van der Waals surface area contributed by atoms with Crippen molar-refractivity contribution >= 4 is 17.3 Å². The molecule has 2 N–H and O–H groups in total. The first-order chi connectivity index (χ1) is 11.0. The zero-order chi connectivity index (χ0) is 16.4. The fourth-order valence-electron chi connectivity index (χ4n) is 2.83. The highest BCUT2D eigenvalue weighted by atomic mass is 19.1. The highest BCUT2D eigenvalue weighted by molar-refractivity contribution is 5.96. The van der Waals surface area contributed by atoms with Crippen molar-refractivity contribution in [2.45, 2.75) is 32.2 Å². The first kappa shape index (κ1) is 15.5. The lowest BCUT2D eigenvalue weighted by atomic mass is 10.1. The second-order valence-electron chi connectivity index (χ2n) is 5.79. The molecule has 3 rings (SSSR count). The van der Waals surface area contributed by atoms with E-state index in [0.717, 1.165) is 37.1 Å². The number of halogens is 2. The number of benzene rings is 2. The summed E-state index contributed by atoms with van der Waals surface area (Å²) in [6.07, 6.45) is 3.30. The molecule has 1 amide bonds. The highest BCUT2D eigenvalue weighted by Crippen LogP contribution is 2.25. The third-order valence-electron chi connectivity index (χ3n) is 4.09. The van der Waals surface area contributed by atoms with Gasteiger partial charge in [0.2, 0.25) is 5.91 Å². The van der Waals surface area contributed by atoms with Gasteiger partial charge in [-0.2, -0.15) is 0 Å². The van der Waals surface area contributed by atoms with Crippen molar-refractivity contribution in [1.82, 2.24) is 0 Å². The number of carbonyl (C=O) groups is 1. The Morgan fingerprint density at radius 3 is 2.52 bits per heavy atom. The quantitative estimate of drug-likeness (QED) is 0.898. The summed E-state index contributed by atoms with van der Waals surface area (Å²) < 4.78 is 27.2. The summed E-state index contributed by atoms with van der Waals surface area (Å²) in [6.45, 7) is 1.65. The maximum atomic E-state index is 13.6. The third kappa shape index (κ3) is 3.33. The maximum absolute atomic E-state index is 13.6. The molecule has 0 spiro atoms. The molecule has 0 heterocycles. The molecule has 1 unspecified atom stereocenters. The van der Waals surface area contributed by atoms with Gasteiger partial charge in [-0.05, 0) is 61.6 Å². The topological polar surface area (TPSA) is 41.1 Å². The van der Waals surface area contributed by atoms with E-state index in [-0.39, 0.29) is 0 Å². The van der Waals surface area contributed by atoms with E-state index in [1.165, 1.54) is 17.2 Å². The number of carbonyl (C=O) groups excluding carboxylic acids is 1. The highest BCUT2D eigenvalue weighted by Gasteiger charge is 2.18. The van der Waals surface area contributed by atoms with Crippen LogP contribution in [-0.2, 0) is 17.6 Å². The molecule has 0 saturated heterocycles. The number of para-hydroxylation sites is 1. The molecule has 120 valence electrons. The van der Waals surface area contributed by atoms with Gasteiger partial charge < -0.3 is 10.6 Å². The van der Waals surface area contributed by atoms with Crippen LogP contribution in [0.25, 0.3) is 0 Å². The van der Waals surface area contributed by atoms with Gasteiger partial charge in [0, 0.05) is 5.69 Å². The van der Waals surface area contributed by atoms with Gasteiger partial charge in [0.25, 0.3) is 0 Å². The average Bonchev–Trinajstić information content (AvgIpc) is 2.98. The molecule has 0 bridgehead atoms. The van der Waals surface area contributed by atoms with Crippen molar-refractivity contribution in [3.8, 4) is 0 Å². The van der Waals surface area contributed by atoms with Crippen LogP contribution in [-0.4, -0.2) is 11.9 Å². The fraction of sp³-hybridized carbons (Fsp3) is 0.278. The molecule has 1 atom stereocenters. The molecule has 0 fully saturated rings. The lowest BCUT2D eigenvalue weighted by molar-refractivity contribution is -0.116. The minimum atomic E-state index is -0.789. The first-order valence-electron chi connectivity index (χ1n) is 7.68. The van der Waals surface area contributed by atoms with Crippen LogP contribution in [0.3, 0.4) is 0 Å². The number of nitrogens with one attached hydrogen (secondary N) is 2. The molecule has 1 aliphatic rings. The van der Waals surface area contributed by atoms with E-state index in [9.17, 15) is 13.6 Å². The Labute approximate surface area is 133 Å². The monoisotopic (exact) mass is 316 g/mol. The van der Waals surface area contributed by atoms with Crippen LogP contribution >= 0.6 is 0 Å². The van der Waals surface area contributed by atoms with Gasteiger partial charge in [0.05, 0.1) is 0 Å². The van der Waals surface area contributed by atoms with Gasteiger partial charge in [0.15, 0.2) is 0 Å². The van der Waals surface area contributed by atoms with E-state index in [1.54, 1.807) is 6.92 Å². The van der Waals surface area contributed by atoms with Crippen molar-refractivity contribution in [3.05, 3.63) is 59.2 Å². The second-order valence-corrected chi connectivity index (χ2v) is 5.79. The predicted molar refractivity (Wildman–Crippen MR) is 86.5 cm³/mol. The van der Waals surface area contributed by atoms with E-state index in [1.807, 2.05) is 12.1 Å². The maximum Gasteiger partial charge on any atom is 0.246 e. The molecule has 2 aromatic rings. The Balaban J connectivity index is 1.68. The number of amides is 1. The van der Waals surface area contributed by atoms with Gasteiger partial charge in [-0.15, -0.1) is 0 Å². The van der Waals surface area contributed by atoms with Crippen LogP contribution in [0.15, 0.2) is 36.4 Å². The van der Waals surface area contributed by atoms with Gasteiger partial charge >= 0.3 is 0 Å². The molecular formula is C18H18F2N2O. The number of fused-ring (bicyclic) bond motifs is 1. The average molecular weight is 316 g/mol. The Bertz CT molecular complexity index is 726. The predicted octanol–water partition coefficient (Wildman–Crippen LogP) is 3.89. The number of anilines is 2. The summed E-state index contributed by atoms with van der Waals surface area (Å²) in [5.41, 5.74) is 3.06. The lowest BCUT2D eigenvalue weighted by Gasteiger charge is -2.16. The summed E-state index contributed by atoms with van der Waals surface area (Å²) in [4.78, 5) is 12.1. The van der Waals surface area contributed by atoms with Crippen LogP contribution in [0.1, 0.15) is 24.5 Å². The number of hydrogen-bond donors (Lipinski definition) is 2. The van der Waals surface area contributed by atoms with Crippen molar-refractivity contribution in [3.63, 3.8) is 0 Å². The van der Waals surface area contributed by atoms with E-state index in [0.29, 0.717) is 0 Å². The number of hydrogen-bond acceptors (Lipinski definition) is 2. The smallest absolute Gasteiger partial charge is 0.246 e. The zero-order valence-electron chi connectivity index (χ0n) is 12.8. The lowest BCUT2D eigenvalue weighted by Crippen LogP contribution is -2.32. The Morgan fingerprint density at radius 1 is 1.09 bits per heavy atom. The summed E-state index contributed by atoms with van der Waals surface area (Å²) in [7, 11) is 0. The summed E-state index contributed by atoms with van der Waals surface area (Å²) >= 11 is 0. The molecule has 2 aromatic carbocycles. The third-order valence-corrected chi connectivity index (χ3v) is 4.09. The van der Waals surface area contributed by atoms with Gasteiger partial charge in [0.1, 0.15) is 23.4 Å². The van der Waals surface area contributed by atoms with E-state index >= 15 is 0 Å². The Morgan fingerprint density at radius 2 is 1.78 bits per heavy atom. The largest absolute Gasteiger partial charge is 0.374 e. The van der Waals surface area contributed by atoms with Crippen LogP contribution in [0.4, 0.5) is 20.2 Å². The first-order valence-corrected chi connectivity index (χ1v) is 7.68. The minimum Gasteiger partial charge on any atom is -0.374 e. The van der Waals surface area contributed by atoms with Crippen LogP contribution < -0.4 is 10.6 Å². The molecule has 0 saturated carbocycles. The Kier molecular flexibility index (Phi) is 4.28. The second kappa shape index (κ2) is 6.36. The van der Waals surface area contributed by atoms with Gasteiger partial charge in [-0.3, -0.25) is 4.79 Å². The van der Waals surface area contributed by atoms with Crippen molar-refractivity contribution in [1.29, 1.82) is 0 Å². The van der Waals surface area contributed by atoms with E-state index in [4.69, 9.17) is 0 Å². The number of rotatable bonds is 4. The van der Waals surface area contributed by atoms with Gasteiger partial charge in [-0.25, -0.2) is 8.78 Å². The standard InChI is InChI=1S/C18H18F2N2O/c1-11(18(23)22-17-15(19)6-3-7-16(17)20)21-14-9-8-12-4-2-5-13(12)10-14/h3,6-11,21H,2,4-5H2,1H3,(H,22,23). The zero-order valence-corrected chi connectivity index (χ0v) is 12.8. The minimum absolute atomic E-state index is 0.417. The number of aryl methyl sites for hydroxylation is 2. The molecule has 0 aliphatic heterocycles. The summed E-state index contributed by atoms with van der Waals surface area (Å²) in [6, 6.07) is 8.88.